The van der Waals surface area contributed by atoms with E-state index in [1.165, 1.54) is 11.8 Å². The van der Waals surface area contributed by atoms with Crippen LogP contribution in [0.1, 0.15) is 13.8 Å². The van der Waals surface area contributed by atoms with Crippen LogP contribution in [0.4, 0.5) is 0 Å². The molecule has 1 atom stereocenters. The smallest absolute Gasteiger partial charge is 0.366 e. The van der Waals surface area contributed by atoms with E-state index in [4.69, 9.17) is 4.74 Å². The molecule has 1 heterocycles. The number of ether oxygens (including phenoxy) is 1. The molecule has 0 aromatic carbocycles. The maximum absolute atomic E-state index is 11.8. The number of carbonyl (C=O) groups excluding carboxylic acids is 1. The second-order valence-corrected chi connectivity index (χ2v) is 4.07. The second-order valence-electron chi connectivity index (χ2n) is 3.07. The Bertz CT molecular complexity index is 317. The minimum absolute atomic E-state index is 0.346. The molecule has 0 amide bonds. The van der Waals surface area contributed by atoms with Gasteiger partial charge < -0.3 is 15.4 Å². The van der Waals surface area contributed by atoms with Gasteiger partial charge in [-0.3, -0.25) is 0 Å². The van der Waals surface area contributed by atoms with Crippen molar-refractivity contribution in [1.82, 2.24) is 10.6 Å². The molecule has 0 fully saturated rings. The first-order valence-electron chi connectivity index (χ1n) is 5.18. The molecule has 2 N–H and O–H groups in total. The number of thioether (sulfide) groups is 1. The van der Waals surface area contributed by atoms with Gasteiger partial charge >= 0.3 is 5.97 Å². The molecule has 0 saturated heterocycles. The molecule has 0 radical (unpaired) electrons. The summed E-state index contributed by atoms with van der Waals surface area (Å²) in [5.74, 6) is 0.311. The summed E-state index contributed by atoms with van der Waals surface area (Å²) in [5, 5.41) is 6.01. The first-order valence-corrected chi connectivity index (χ1v) is 6.41. The van der Waals surface area contributed by atoms with Gasteiger partial charge in [-0.25, -0.2) is 9.79 Å². The quantitative estimate of drug-likeness (QED) is 0.711. The number of amidine groups is 1. The van der Waals surface area contributed by atoms with Gasteiger partial charge in [-0.2, -0.15) is 0 Å². The molecule has 0 aromatic heterocycles. The molecule has 0 aliphatic carbocycles. The maximum Gasteiger partial charge on any atom is 0.366 e. The molecule has 6 heteroatoms. The maximum atomic E-state index is 11.8. The minimum atomic E-state index is -1.05. The van der Waals surface area contributed by atoms with Gasteiger partial charge in [0.05, 0.1) is 6.61 Å². The summed E-state index contributed by atoms with van der Waals surface area (Å²) >= 11 is 1.31. The molecule has 0 bridgehead atoms. The average molecular weight is 243 g/mol. The highest BCUT2D eigenvalue weighted by Crippen LogP contribution is 2.25. The summed E-state index contributed by atoms with van der Waals surface area (Å²) in [5.41, 5.74) is 0. The Hall–Kier alpha value is -1.17. The number of hydrogen-bond acceptors (Lipinski definition) is 6. The van der Waals surface area contributed by atoms with Crippen molar-refractivity contribution in [3.05, 3.63) is 12.3 Å². The van der Waals surface area contributed by atoms with Crippen LogP contribution >= 0.6 is 11.8 Å². The predicted molar refractivity (Wildman–Crippen MR) is 66.3 cm³/mol. The van der Waals surface area contributed by atoms with Crippen LogP contribution in [0.15, 0.2) is 17.3 Å². The lowest BCUT2D eigenvalue weighted by Gasteiger charge is -2.28. The number of aliphatic imine (C=N–C) groups is 1. The van der Waals surface area contributed by atoms with Crippen molar-refractivity contribution in [3.8, 4) is 0 Å². The van der Waals surface area contributed by atoms with Gasteiger partial charge in [0, 0.05) is 12.7 Å². The lowest BCUT2D eigenvalue weighted by Crippen LogP contribution is -2.49. The van der Waals surface area contributed by atoms with Crippen LogP contribution in [0.2, 0.25) is 0 Å². The van der Waals surface area contributed by atoms with Gasteiger partial charge in [0.1, 0.15) is 5.84 Å². The number of nitrogens with one attached hydrogen (secondary N) is 2. The van der Waals surface area contributed by atoms with E-state index in [1.54, 1.807) is 19.2 Å². The van der Waals surface area contributed by atoms with Crippen molar-refractivity contribution in [3.63, 3.8) is 0 Å². The van der Waals surface area contributed by atoms with Crippen LogP contribution in [0.3, 0.4) is 0 Å². The summed E-state index contributed by atoms with van der Waals surface area (Å²) in [6.45, 7) is 4.86. The second kappa shape index (κ2) is 5.79. The van der Waals surface area contributed by atoms with E-state index in [2.05, 4.69) is 15.6 Å². The molecule has 1 unspecified atom stereocenters. The van der Waals surface area contributed by atoms with Crippen LogP contribution in [-0.2, 0) is 9.53 Å². The van der Waals surface area contributed by atoms with Gasteiger partial charge in [0.15, 0.2) is 0 Å². The highest BCUT2D eigenvalue weighted by molar-refractivity contribution is 8.00. The molecule has 0 aromatic rings. The lowest BCUT2D eigenvalue weighted by molar-refractivity contribution is -0.146. The Labute approximate surface area is 99.7 Å². The predicted octanol–water partition coefficient (Wildman–Crippen LogP) is 0.691. The molecule has 1 aliphatic heterocycles. The van der Waals surface area contributed by atoms with Crippen LogP contribution in [-0.4, -0.2) is 36.2 Å². The monoisotopic (exact) mass is 243 g/mol. The molecular weight excluding hydrogens is 226 g/mol. The third-order valence-electron chi connectivity index (χ3n) is 2.00. The summed E-state index contributed by atoms with van der Waals surface area (Å²) in [4.78, 5) is 15.1. The topological polar surface area (TPSA) is 62.7 Å². The Balaban J connectivity index is 2.88. The summed E-state index contributed by atoms with van der Waals surface area (Å²) < 4.78 is 5.01. The molecule has 1 aliphatic rings. The fraction of sp³-hybridized carbons (Fsp3) is 0.600. The van der Waals surface area contributed by atoms with E-state index >= 15 is 0 Å². The van der Waals surface area contributed by atoms with Crippen LogP contribution < -0.4 is 10.6 Å². The number of nitrogens with zero attached hydrogens (tertiary/aromatic N) is 1. The highest BCUT2D eigenvalue weighted by Gasteiger charge is 2.40. The fourth-order valence-corrected chi connectivity index (χ4v) is 1.87. The lowest BCUT2D eigenvalue weighted by atomic mass is 10.4. The SMILES string of the molecule is CCNC1=NC(SC)(C(=O)OCC)NC=C1. The summed E-state index contributed by atoms with van der Waals surface area (Å²) in [6.07, 6.45) is 5.31. The molecule has 0 spiro atoms. The van der Waals surface area contributed by atoms with Crippen molar-refractivity contribution >= 4 is 23.6 Å². The number of likely N-dealkylation sites (N-methyl/N-ethyl adjacent to an activating group) is 1. The van der Waals surface area contributed by atoms with Gasteiger partial charge in [0.2, 0.25) is 0 Å². The van der Waals surface area contributed by atoms with Crippen molar-refractivity contribution in [1.29, 1.82) is 0 Å². The number of esters is 1. The number of rotatable bonds is 4. The fourth-order valence-electron chi connectivity index (χ4n) is 1.27. The molecular formula is C10H17N3O2S. The largest absolute Gasteiger partial charge is 0.462 e. The van der Waals surface area contributed by atoms with Crippen LogP contribution in [0.25, 0.3) is 0 Å². The molecule has 0 saturated carbocycles. The molecule has 90 valence electrons. The van der Waals surface area contributed by atoms with Crippen LogP contribution in [0, 0.1) is 0 Å². The van der Waals surface area contributed by atoms with Crippen molar-refractivity contribution in [2.45, 2.75) is 18.8 Å². The molecule has 16 heavy (non-hydrogen) atoms. The van der Waals surface area contributed by atoms with Gasteiger partial charge in [-0.15, -0.1) is 11.8 Å². The Morgan fingerprint density at radius 2 is 2.44 bits per heavy atom. The first kappa shape index (κ1) is 12.9. The Morgan fingerprint density at radius 3 is 3.00 bits per heavy atom. The number of carbonyl (C=O) groups is 1. The third-order valence-corrected chi connectivity index (χ3v) is 2.97. The normalized spacial score (nSPS) is 23.3. The Kier molecular flexibility index (Phi) is 4.67. The zero-order chi connectivity index (χ0) is 12.0. The van der Waals surface area contributed by atoms with E-state index in [-0.39, 0.29) is 5.97 Å². The van der Waals surface area contributed by atoms with Crippen molar-refractivity contribution in [2.75, 3.05) is 19.4 Å². The third kappa shape index (κ3) is 2.69. The molecule has 5 nitrogen and oxygen atoms in total. The van der Waals surface area contributed by atoms with Gasteiger partial charge in [0.25, 0.3) is 4.99 Å². The van der Waals surface area contributed by atoms with Crippen molar-refractivity contribution in [2.24, 2.45) is 4.99 Å². The van der Waals surface area contributed by atoms with E-state index in [0.29, 0.717) is 12.4 Å². The van der Waals surface area contributed by atoms with E-state index in [9.17, 15) is 4.79 Å². The summed E-state index contributed by atoms with van der Waals surface area (Å²) in [6, 6.07) is 0. The first-order chi connectivity index (χ1) is 7.68. The Morgan fingerprint density at radius 1 is 1.69 bits per heavy atom. The van der Waals surface area contributed by atoms with Gasteiger partial charge in [-0.1, -0.05) is 0 Å². The van der Waals surface area contributed by atoms with Crippen molar-refractivity contribution < 1.29 is 9.53 Å². The van der Waals surface area contributed by atoms with E-state index in [0.717, 1.165) is 6.54 Å². The highest BCUT2D eigenvalue weighted by atomic mass is 32.2. The standard InChI is InChI=1S/C10H17N3O2S/c1-4-11-8-6-7-12-10(13-8,16-3)9(14)15-5-2/h6-7,12H,4-5H2,1-3H3,(H,11,13). The zero-order valence-electron chi connectivity index (χ0n) is 9.74. The summed E-state index contributed by atoms with van der Waals surface area (Å²) in [7, 11) is 0. The van der Waals surface area contributed by atoms with Gasteiger partial charge in [-0.05, 0) is 26.2 Å². The van der Waals surface area contributed by atoms with E-state index < -0.39 is 4.99 Å². The minimum Gasteiger partial charge on any atom is -0.462 e. The molecule has 1 rings (SSSR count). The average Bonchev–Trinajstić information content (AvgIpc) is 2.30. The van der Waals surface area contributed by atoms with Crippen LogP contribution in [0.5, 0.6) is 0 Å². The van der Waals surface area contributed by atoms with E-state index in [1.807, 2.05) is 13.2 Å². The zero-order valence-corrected chi connectivity index (χ0v) is 10.6. The number of hydrogen-bond donors (Lipinski definition) is 2.